The second-order valence-electron chi connectivity index (χ2n) is 7.32. The summed E-state index contributed by atoms with van der Waals surface area (Å²) in [4.78, 5) is 12.0. The van der Waals surface area contributed by atoms with Crippen LogP contribution in [0.1, 0.15) is 39.5 Å². The maximum atomic E-state index is 12.0. The molecule has 0 heterocycles. The number of fused-ring (bicyclic) bond motifs is 2. The van der Waals surface area contributed by atoms with Crippen molar-refractivity contribution in [2.45, 2.75) is 39.5 Å². The summed E-state index contributed by atoms with van der Waals surface area (Å²) in [5, 5.41) is 0. The molecular weight excluding hydrogens is 300 g/mol. The Hall–Kier alpha value is -1.20. The molecule has 4 nitrogen and oxygen atoms in total. The lowest BCUT2D eigenvalue weighted by Gasteiger charge is -2.38. The number of rotatable bonds is 3. The molecule has 0 radical (unpaired) electrons. The maximum Gasteiger partial charge on any atom is 0.265 e. The van der Waals surface area contributed by atoms with Crippen LogP contribution in [0.15, 0.2) is 35.5 Å². The first kappa shape index (κ1) is 15.7. The highest BCUT2D eigenvalue weighted by molar-refractivity contribution is 7.85. The van der Waals surface area contributed by atoms with Crippen LogP contribution in [0.4, 0.5) is 0 Å². The molecule has 0 saturated heterocycles. The Labute approximate surface area is 131 Å². The molecule has 0 amide bonds. The van der Waals surface area contributed by atoms with Crippen LogP contribution in [-0.2, 0) is 14.9 Å². The molecule has 2 bridgehead atoms. The van der Waals surface area contributed by atoms with Crippen molar-refractivity contribution in [3.05, 3.63) is 35.5 Å². The minimum absolute atomic E-state index is 0.0672. The van der Waals surface area contributed by atoms with Crippen LogP contribution in [0.2, 0.25) is 0 Å². The molecule has 3 aliphatic rings. The fourth-order valence-electron chi connectivity index (χ4n) is 4.62. The van der Waals surface area contributed by atoms with Crippen LogP contribution in [-0.4, -0.2) is 24.5 Å². The smallest absolute Gasteiger partial charge is 0.265 e. The van der Waals surface area contributed by atoms with Crippen molar-refractivity contribution in [1.82, 2.24) is 0 Å². The highest BCUT2D eigenvalue weighted by Gasteiger charge is 2.62. The Morgan fingerprint density at radius 3 is 2.73 bits per heavy atom. The predicted octanol–water partition coefficient (Wildman–Crippen LogP) is 3.08. The third-order valence-corrected chi connectivity index (χ3v) is 6.91. The van der Waals surface area contributed by atoms with Crippen molar-refractivity contribution < 1.29 is 17.8 Å². The molecule has 0 spiro atoms. The number of carbonyl (C=O) groups is 1. The first-order chi connectivity index (χ1) is 10.2. The number of ketones is 1. The van der Waals surface area contributed by atoms with Gasteiger partial charge in [0.2, 0.25) is 0 Å². The van der Waals surface area contributed by atoms with Crippen LogP contribution in [0, 0.1) is 16.7 Å². The van der Waals surface area contributed by atoms with Gasteiger partial charge < -0.3 is 0 Å². The SMILES string of the molecule is CC1(C)C2CCC1(CS(=O)(=O)O)C(=CC1=CC=CCC1=O)C2. The normalized spacial score (nSPS) is 35.2. The highest BCUT2D eigenvalue weighted by atomic mass is 32.2. The van der Waals surface area contributed by atoms with Gasteiger partial charge in [0.1, 0.15) is 0 Å². The summed E-state index contributed by atoms with van der Waals surface area (Å²) < 4.78 is 32.6. The summed E-state index contributed by atoms with van der Waals surface area (Å²) in [5.74, 6) is 0.236. The Bertz CT molecular complexity index is 709. The van der Waals surface area contributed by atoms with Gasteiger partial charge in [-0.15, -0.1) is 0 Å². The van der Waals surface area contributed by atoms with E-state index in [0.29, 0.717) is 17.9 Å². The van der Waals surface area contributed by atoms with Gasteiger partial charge in [-0.3, -0.25) is 9.35 Å². The zero-order valence-electron chi connectivity index (χ0n) is 13.0. The summed E-state index contributed by atoms with van der Waals surface area (Å²) in [6.07, 6.45) is 10.3. The molecule has 3 rings (SSSR count). The number of hydrogen-bond donors (Lipinski definition) is 1. The van der Waals surface area contributed by atoms with Crippen molar-refractivity contribution in [2.24, 2.45) is 16.7 Å². The van der Waals surface area contributed by atoms with Gasteiger partial charge in [-0.1, -0.05) is 43.7 Å². The average molecular weight is 322 g/mol. The van der Waals surface area contributed by atoms with Crippen molar-refractivity contribution in [2.75, 3.05) is 5.75 Å². The fourth-order valence-corrected chi connectivity index (χ4v) is 5.94. The molecule has 0 aromatic rings. The van der Waals surface area contributed by atoms with Crippen molar-refractivity contribution >= 4 is 15.9 Å². The molecule has 0 aliphatic heterocycles. The molecule has 2 unspecified atom stereocenters. The van der Waals surface area contributed by atoms with E-state index in [1.54, 1.807) is 6.08 Å². The Balaban J connectivity index is 2.07. The first-order valence-corrected chi connectivity index (χ1v) is 9.33. The molecule has 3 aliphatic carbocycles. The second-order valence-corrected chi connectivity index (χ2v) is 8.77. The summed E-state index contributed by atoms with van der Waals surface area (Å²) >= 11 is 0. The largest absolute Gasteiger partial charge is 0.294 e. The van der Waals surface area contributed by atoms with Crippen LogP contribution in [0.3, 0.4) is 0 Å². The van der Waals surface area contributed by atoms with E-state index >= 15 is 0 Å². The van der Waals surface area contributed by atoms with E-state index in [1.807, 2.05) is 18.2 Å². The number of carbonyl (C=O) groups excluding carboxylic acids is 1. The van der Waals surface area contributed by atoms with E-state index in [4.69, 9.17) is 0 Å². The summed E-state index contributed by atoms with van der Waals surface area (Å²) in [6, 6.07) is 0. The molecule has 2 fully saturated rings. The molecule has 2 atom stereocenters. The molecule has 2 saturated carbocycles. The Morgan fingerprint density at radius 2 is 2.14 bits per heavy atom. The number of allylic oxidation sites excluding steroid dienone is 6. The average Bonchev–Trinajstić information content (AvgIpc) is 2.73. The molecule has 0 aromatic heterocycles. The van der Waals surface area contributed by atoms with Gasteiger partial charge in [0.25, 0.3) is 10.1 Å². The first-order valence-electron chi connectivity index (χ1n) is 7.72. The lowest BCUT2D eigenvalue weighted by molar-refractivity contribution is -0.114. The molecule has 22 heavy (non-hydrogen) atoms. The van der Waals surface area contributed by atoms with Crippen molar-refractivity contribution in [3.63, 3.8) is 0 Å². The van der Waals surface area contributed by atoms with Gasteiger partial charge in [-0.2, -0.15) is 8.42 Å². The predicted molar refractivity (Wildman–Crippen MR) is 84.9 cm³/mol. The summed E-state index contributed by atoms with van der Waals surface area (Å²) in [7, 11) is -4.07. The zero-order valence-corrected chi connectivity index (χ0v) is 13.8. The van der Waals surface area contributed by atoms with Crippen LogP contribution in [0.5, 0.6) is 0 Å². The molecule has 0 aromatic carbocycles. The summed E-state index contributed by atoms with van der Waals surface area (Å²) in [5.41, 5.74) is 0.938. The van der Waals surface area contributed by atoms with Crippen LogP contribution in [0.25, 0.3) is 0 Å². The molecule has 1 N–H and O–H groups in total. The van der Waals surface area contributed by atoms with Gasteiger partial charge in [0, 0.05) is 17.4 Å². The Morgan fingerprint density at radius 1 is 1.41 bits per heavy atom. The van der Waals surface area contributed by atoms with Gasteiger partial charge >= 0.3 is 0 Å². The monoisotopic (exact) mass is 322 g/mol. The van der Waals surface area contributed by atoms with Crippen molar-refractivity contribution in [3.8, 4) is 0 Å². The van der Waals surface area contributed by atoms with E-state index in [1.165, 1.54) is 0 Å². The minimum atomic E-state index is -4.07. The van der Waals surface area contributed by atoms with E-state index < -0.39 is 15.5 Å². The van der Waals surface area contributed by atoms with Gasteiger partial charge in [0.15, 0.2) is 5.78 Å². The van der Waals surface area contributed by atoms with Gasteiger partial charge in [-0.25, -0.2) is 0 Å². The lowest BCUT2D eigenvalue weighted by atomic mass is 9.68. The minimum Gasteiger partial charge on any atom is -0.294 e. The van der Waals surface area contributed by atoms with E-state index in [-0.39, 0.29) is 17.0 Å². The highest BCUT2D eigenvalue weighted by Crippen LogP contribution is 2.68. The molecule has 120 valence electrons. The second kappa shape index (κ2) is 4.90. The number of hydrogen-bond acceptors (Lipinski definition) is 3. The third-order valence-electron chi connectivity index (χ3n) is 6.05. The molecule has 5 heteroatoms. The summed E-state index contributed by atoms with van der Waals surface area (Å²) in [6.45, 7) is 4.18. The van der Waals surface area contributed by atoms with Crippen LogP contribution >= 0.6 is 0 Å². The molecular formula is C17H22O4S. The zero-order chi connectivity index (χ0) is 16.2. The van der Waals surface area contributed by atoms with E-state index in [0.717, 1.165) is 24.8 Å². The maximum absolute atomic E-state index is 12.0. The topological polar surface area (TPSA) is 71.4 Å². The number of Topliss-reactive ketones (excluding diaryl/α,β-unsaturated/α-hetero) is 1. The van der Waals surface area contributed by atoms with E-state index in [2.05, 4.69) is 13.8 Å². The van der Waals surface area contributed by atoms with E-state index in [9.17, 15) is 17.8 Å². The quantitative estimate of drug-likeness (QED) is 0.811. The third kappa shape index (κ3) is 2.31. The fraction of sp³-hybridized carbons (Fsp3) is 0.588. The van der Waals surface area contributed by atoms with Gasteiger partial charge in [-0.05, 0) is 30.6 Å². The lowest BCUT2D eigenvalue weighted by Crippen LogP contribution is -2.38. The Kier molecular flexibility index (Phi) is 3.49. The van der Waals surface area contributed by atoms with Crippen LogP contribution < -0.4 is 0 Å². The van der Waals surface area contributed by atoms with Crippen molar-refractivity contribution in [1.29, 1.82) is 0 Å². The standard InChI is InChI=1S/C17H22O4S/c1-16(2)13-7-8-17(16,11-22(19,20)21)14(10-13)9-12-5-3-4-6-15(12)18/h3-5,9,13H,6-8,10-11H2,1-2H3,(H,19,20,21). The van der Waals surface area contributed by atoms with Gasteiger partial charge in [0.05, 0.1) is 5.75 Å².